The molecule has 0 radical (unpaired) electrons. The molecule has 0 aliphatic heterocycles. The second-order valence-electron chi connectivity index (χ2n) is 6.07. The highest BCUT2D eigenvalue weighted by atomic mass is 19.1. The molecule has 0 heterocycles. The SMILES string of the molecule is CC(C)CN(CC(C)C)c1ccc(F)cc1[C@H](C)O. The number of benzene rings is 1. The first-order valence-corrected chi connectivity index (χ1v) is 7.03. The van der Waals surface area contributed by atoms with Gasteiger partial charge in [0.25, 0.3) is 0 Å². The second-order valence-corrected chi connectivity index (χ2v) is 6.07. The van der Waals surface area contributed by atoms with Crippen LogP contribution >= 0.6 is 0 Å². The molecule has 1 N–H and O–H groups in total. The topological polar surface area (TPSA) is 23.5 Å². The fourth-order valence-electron chi connectivity index (χ4n) is 2.30. The number of nitrogens with zero attached hydrogens (tertiary/aromatic N) is 1. The molecule has 0 aromatic heterocycles. The van der Waals surface area contributed by atoms with E-state index in [1.54, 1.807) is 13.0 Å². The lowest BCUT2D eigenvalue weighted by Crippen LogP contribution is -2.32. The highest BCUT2D eigenvalue weighted by molar-refractivity contribution is 5.55. The van der Waals surface area contributed by atoms with Gasteiger partial charge in [-0.05, 0) is 37.0 Å². The zero-order chi connectivity index (χ0) is 14.6. The van der Waals surface area contributed by atoms with E-state index in [4.69, 9.17) is 0 Å². The van der Waals surface area contributed by atoms with Crippen molar-refractivity contribution in [3.05, 3.63) is 29.6 Å². The maximum atomic E-state index is 13.4. The maximum absolute atomic E-state index is 13.4. The molecule has 2 nitrogen and oxygen atoms in total. The van der Waals surface area contributed by atoms with Crippen molar-refractivity contribution >= 4 is 5.69 Å². The lowest BCUT2D eigenvalue weighted by atomic mass is 10.0. The van der Waals surface area contributed by atoms with Crippen LogP contribution in [0, 0.1) is 17.7 Å². The molecule has 0 aliphatic carbocycles. The minimum Gasteiger partial charge on any atom is -0.389 e. The number of anilines is 1. The van der Waals surface area contributed by atoms with Crippen LogP contribution < -0.4 is 4.90 Å². The Bertz CT molecular complexity index is 392. The van der Waals surface area contributed by atoms with E-state index in [9.17, 15) is 9.50 Å². The predicted molar refractivity (Wildman–Crippen MR) is 78.9 cm³/mol. The summed E-state index contributed by atoms with van der Waals surface area (Å²) in [6.07, 6.45) is -0.660. The Morgan fingerprint density at radius 2 is 1.58 bits per heavy atom. The smallest absolute Gasteiger partial charge is 0.123 e. The van der Waals surface area contributed by atoms with Gasteiger partial charge in [0.15, 0.2) is 0 Å². The molecule has 0 aliphatic rings. The Labute approximate surface area is 116 Å². The molecule has 0 unspecified atom stereocenters. The van der Waals surface area contributed by atoms with Gasteiger partial charge in [-0.3, -0.25) is 0 Å². The molecule has 1 rings (SSSR count). The fourth-order valence-corrected chi connectivity index (χ4v) is 2.30. The van der Waals surface area contributed by atoms with Gasteiger partial charge in [0, 0.05) is 24.3 Å². The minimum absolute atomic E-state index is 0.298. The largest absolute Gasteiger partial charge is 0.389 e. The van der Waals surface area contributed by atoms with Gasteiger partial charge in [0.2, 0.25) is 0 Å². The number of aliphatic hydroxyl groups excluding tert-OH is 1. The first-order chi connectivity index (χ1) is 8.81. The van der Waals surface area contributed by atoms with Crippen molar-refractivity contribution in [2.45, 2.75) is 40.7 Å². The number of rotatable bonds is 6. The summed E-state index contributed by atoms with van der Waals surface area (Å²) in [5.74, 6) is 0.741. The molecule has 1 aromatic carbocycles. The van der Waals surface area contributed by atoms with E-state index in [-0.39, 0.29) is 5.82 Å². The van der Waals surface area contributed by atoms with Gasteiger partial charge >= 0.3 is 0 Å². The average molecular weight is 267 g/mol. The van der Waals surface area contributed by atoms with Gasteiger partial charge in [-0.2, -0.15) is 0 Å². The Balaban J connectivity index is 3.13. The van der Waals surface area contributed by atoms with Crippen LogP contribution in [0.3, 0.4) is 0 Å². The molecule has 1 aromatic rings. The summed E-state index contributed by atoms with van der Waals surface area (Å²) in [5, 5.41) is 9.85. The summed E-state index contributed by atoms with van der Waals surface area (Å²) in [4.78, 5) is 2.25. The fraction of sp³-hybridized carbons (Fsp3) is 0.625. The van der Waals surface area contributed by atoms with Gasteiger partial charge in [-0.25, -0.2) is 4.39 Å². The predicted octanol–water partition coefficient (Wildman–Crippen LogP) is 4.00. The van der Waals surface area contributed by atoms with E-state index < -0.39 is 6.10 Å². The third-order valence-electron chi connectivity index (χ3n) is 2.95. The van der Waals surface area contributed by atoms with Crippen molar-refractivity contribution in [1.29, 1.82) is 0 Å². The van der Waals surface area contributed by atoms with Crippen LogP contribution in [0.5, 0.6) is 0 Å². The highest BCUT2D eigenvalue weighted by Gasteiger charge is 2.17. The van der Waals surface area contributed by atoms with E-state index >= 15 is 0 Å². The second kappa shape index (κ2) is 6.90. The molecule has 0 spiro atoms. The molecule has 0 saturated heterocycles. The van der Waals surface area contributed by atoms with Crippen molar-refractivity contribution in [3.8, 4) is 0 Å². The van der Waals surface area contributed by atoms with Gasteiger partial charge < -0.3 is 10.0 Å². The Kier molecular flexibility index (Phi) is 5.80. The van der Waals surface area contributed by atoms with Gasteiger partial charge in [-0.1, -0.05) is 27.7 Å². The normalized spacial score (nSPS) is 13.1. The summed E-state index contributed by atoms with van der Waals surface area (Å²) in [5.41, 5.74) is 1.61. The van der Waals surface area contributed by atoms with E-state index in [1.165, 1.54) is 12.1 Å². The molecule has 0 saturated carbocycles. The zero-order valence-corrected chi connectivity index (χ0v) is 12.7. The van der Waals surface area contributed by atoms with Crippen LogP contribution in [0.1, 0.15) is 46.3 Å². The van der Waals surface area contributed by atoms with Crippen molar-refractivity contribution in [1.82, 2.24) is 0 Å². The van der Waals surface area contributed by atoms with Crippen LogP contribution in [-0.2, 0) is 0 Å². The zero-order valence-electron chi connectivity index (χ0n) is 12.7. The first-order valence-electron chi connectivity index (χ1n) is 7.03. The Hall–Kier alpha value is -1.09. The lowest BCUT2D eigenvalue weighted by Gasteiger charge is -2.31. The Morgan fingerprint density at radius 1 is 1.05 bits per heavy atom. The monoisotopic (exact) mass is 267 g/mol. The maximum Gasteiger partial charge on any atom is 0.123 e. The van der Waals surface area contributed by atoms with E-state index in [2.05, 4.69) is 32.6 Å². The molecule has 0 bridgehead atoms. The van der Waals surface area contributed by atoms with E-state index in [0.29, 0.717) is 17.4 Å². The van der Waals surface area contributed by atoms with Gasteiger partial charge in [0.1, 0.15) is 5.82 Å². The van der Waals surface area contributed by atoms with Crippen LogP contribution in [0.4, 0.5) is 10.1 Å². The summed E-state index contributed by atoms with van der Waals surface area (Å²) < 4.78 is 13.4. The van der Waals surface area contributed by atoms with Crippen molar-refractivity contribution < 1.29 is 9.50 Å². The average Bonchev–Trinajstić information content (AvgIpc) is 2.26. The van der Waals surface area contributed by atoms with Gasteiger partial charge in [-0.15, -0.1) is 0 Å². The number of hydrogen-bond acceptors (Lipinski definition) is 2. The molecule has 3 heteroatoms. The van der Waals surface area contributed by atoms with E-state index in [1.807, 2.05) is 0 Å². The first kappa shape index (κ1) is 16.0. The third kappa shape index (κ3) is 4.83. The van der Waals surface area contributed by atoms with Gasteiger partial charge in [0.05, 0.1) is 6.10 Å². The minimum atomic E-state index is -0.660. The molecule has 108 valence electrons. The van der Waals surface area contributed by atoms with Crippen molar-refractivity contribution in [3.63, 3.8) is 0 Å². The number of aliphatic hydroxyl groups is 1. The molecule has 19 heavy (non-hydrogen) atoms. The molecular weight excluding hydrogens is 241 g/mol. The molecular formula is C16H26FNO. The van der Waals surface area contributed by atoms with Crippen LogP contribution in [0.25, 0.3) is 0 Å². The number of halogens is 1. The lowest BCUT2D eigenvalue weighted by molar-refractivity contribution is 0.199. The van der Waals surface area contributed by atoms with Crippen LogP contribution in [0.2, 0.25) is 0 Å². The van der Waals surface area contributed by atoms with Crippen molar-refractivity contribution in [2.24, 2.45) is 11.8 Å². The standard InChI is InChI=1S/C16H26FNO/c1-11(2)9-18(10-12(3)4)16-7-6-14(17)8-15(16)13(5)19/h6-8,11-13,19H,9-10H2,1-5H3/t13-/m0/s1. The molecule has 1 atom stereocenters. The third-order valence-corrected chi connectivity index (χ3v) is 2.95. The summed E-state index contributed by atoms with van der Waals surface area (Å²) in [6.45, 7) is 12.2. The van der Waals surface area contributed by atoms with Crippen LogP contribution in [-0.4, -0.2) is 18.2 Å². The van der Waals surface area contributed by atoms with Crippen molar-refractivity contribution in [2.75, 3.05) is 18.0 Å². The quantitative estimate of drug-likeness (QED) is 0.842. The Morgan fingerprint density at radius 3 is 2.00 bits per heavy atom. The number of hydrogen-bond donors (Lipinski definition) is 1. The summed E-state index contributed by atoms with van der Waals surface area (Å²) >= 11 is 0. The molecule has 0 amide bonds. The van der Waals surface area contributed by atoms with E-state index in [0.717, 1.165) is 18.8 Å². The highest BCUT2D eigenvalue weighted by Crippen LogP contribution is 2.28. The summed E-state index contributed by atoms with van der Waals surface area (Å²) in [6, 6.07) is 4.69. The van der Waals surface area contributed by atoms with Crippen LogP contribution in [0.15, 0.2) is 18.2 Å². The summed E-state index contributed by atoms with van der Waals surface area (Å²) in [7, 11) is 0. The molecule has 0 fully saturated rings.